The summed E-state index contributed by atoms with van der Waals surface area (Å²) in [4.78, 5) is 25.4. The molecule has 0 saturated heterocycles. The Hall–Kier alpha value is -2.12. The van der Waals surface area contributed by atoms with E-state index in [1.807, 2.05) is 0 Å². The topological polar surface area (TPSA) is 68.3 Å². The molecule has 0 radical (unpaired) electrons. The van der Waals surface area contributed by atoms with Gasteiger partial charge in [0, 0.05) is 6.20 Å². The molecule has 1 N–H and O–H groups in total. The van der Waals surface area contributed by atoms with Crippen LogP contribution in [0.25, 0.3) is 0 Å². The second-order valence-corrected chi connectivity index (χ2v) is 3.10. The molecule has 8 heteroatoms. The summed E-state index contributed by atoms with van der Waals surface area (Å²) >= 11 is 0. The minimum Gasteiger partial charge on any atom is -0.462 e. The van der Waals surface area contributed by atoms with Gasteiger partial charge in [0.05, 0.1) is 12.2 Å². The van der Waals surface area contributed by atoms with Crippen LogP contribution in [-0.4, -0.2) is 29.6 Å². The molecule has 0 saturated carbocycles. The maximum atomic E-state index is 12.0. The van der Waals surface area contributed by atoms with Gasteiger partial charge >= 0.3 is 18.1 Å². The van der Waals surface area contributed by atoms with Gasteiger partial charge in [0.2, 0.25) is 0 Å². The van der Waals surface area contributed by atoms with Crippen LogP contribution >= 0.6 is 0 Å². The molecule has 0 unspecified atom stereocenters. The Morgan fingerprint density at radius 1 is 1.44 bits per heavy atom. The summed E-state index contributed by atoms with van der Waals surface area (Å²) in [6, 6.07) is 2.27. The summed E-state index contributed by atoms with van der Waals surface area (Å²) in [5.74, 6) is -3.23. The van der Waals surface area contributed by atoms with E-state index in [0.29, 0.717) is 0 Å². The molecule has 1 heterocycles. The molecule has 0 aliphatic heterocycles. The highest BCUT2D eigenvalue weighted by Crippen LogP contribution is 2.17. The van der Waals surface area contributed by atoms with Crippen molar-refractivity contribution >= 4 is 17.7 Å². The molecule has 0 fully saturated rings. The minimum atomic E-state index is -5.01. The van der Waals surface area contributed by atoms with Crippen LogP contribution in [0.1, 0.15) is 17.3 Å². The van der Waals surface area contributed by atoms with Crippen molar-refractivity contribution in [2.45, 2.75) is 13.1 Å². The SMILES string of the molecule is CCOC(=O)c1ccnc(NC(=O)C(F)(F)F)c1. The summed E-state index contributed by atoms with van der Waals surface area (Å²) in [6.07, 6.45) is -3.92. The van der Waals surface area contributed by atoms with Gasteiger partial charge in [-0.1, -0.05) is 0 Å². The third kappa shape index (κ3) is 3.72. The van der Waals surface area contributed by atoms with Crippen molar-refractivity contribution in [3.05, 3.63) is 23.9 Å². The lowest BCUT2D eigenvalue weighted by Crippen LogP contribution is -2.30. The first kappa shape index (κ1) is 13.9. The highest BCUT2D eigenvalue weighted by atomic mass is 19.4. The number of nitrogens with one attached hydrogen (secondary N) is 1. The Morgan fingerprint density at radius 2 is 2.11 bits per heavy atom. The predicted molar refractivity (Wildman–Crippen MR) is 54.9 cm³/mol. The molecular weight excluding hydrogens is 253 g/mol. The van der Waals surface area contributed by atoms with Crippen molar-refractivity contribution in [2.24, 2.45) is 0 Å². The van der Waals surface area contributed by atoms with Crippen molar-refractivity contribution in [2.75, 3.05) is 11.9 Å². The first-order chi connectivity index (χ1) is 8.34. The number of carbonyl (C=O) groups is 2. The second kappa shape index (κ2) is 5.48. The Morgan fingerprint density at radius 3 is 2.67 bits per heavy atom. The molecule has 0 aliphatic carbocycles. The number of halogens is 3. The molecule has 0 aliphatic rings. The van der Waals surface area contributed by atoms with E-state index in [2.05, 4.69) is 9.72 Å². The molecule has 1 aromatic rings. The molecule has 1 amide bonds. The lowest BCUT2D eigenvalue weighted by Gasteiger charge is -2.08. The number of alkyl halides is 3. The van der Waals surface area contributed by atoms with Crippen LogP contribution in [0.2, 0.25) is 0 Å². The van der Waals surface area contributed by atoms with E-state index in [9.17, 15) is 22.8 Å². The average Bonchev–Trinajstić information content (AvgIpc) is 2.28. The third-order valence-electron chi connectivity index (χ3n) is 1.77. The number of nitrogens with zero attached hydrogens (tertiary/aromatic N) is 1. The zero-order valence-corrected chi connectivity index (χ0v) is 9.25. The van der Waals surface area contributed by atoms with Crippen LogP contribution in [0.4, 0.5) is 19.0 Å². The first-order valence-corrected chi connectivity index (χ1v) is 4.86. The van der Waals surface area contributed by atoms with Gasteiger partial charge in [-0.2, -0.15) is 13.2 Å². The number of rotatable bonds is 3. The first-order valence-electron chi connectivity index (χ1n) is 4.86. The van der Waals surface area contributed by atoms with E-state index >= 15 is 0 Å². The molecule has 0 atom stereocenters. The van der Waals surface area contributed by atoms with Crippen LogP contribution in [-0.2, 0) is 9.53 Å². The van der Waals surface area contributed by atoms with Crippen molar-refractivity contribution < 1.29 is 27.5 Å². The molecule has 1 rings (SSSR count). The monoisotopic (exact) mass is 262 g/mol. The number of ether oxygens (including phenoxy) is 1. The van der Waals surface area contributed by atoms with Gasteiger partial charge in [0.15, 0.2) is 0 Å². The fourth-order valence-corrected chi connectivity index (χ4v) is 1.03. The highest BCUT2D eigenvalue weighted by molar-refractivity contribution is 5.96. The predicted octanol–water partition coefficient (Wildman–Crippen LogP) is 1.76. The summed E-state index contributed by atoms with van der Waals surface area (Å²) in [6.45, 7) is 1.72. The molecule has 18 heavy (non-hydrogen) atoms. The lowest BCUT2D eigenvalue weighted by molar-refractivity contribution is -0.167. The summed E-state index contributed by atoms with van der Waals surface area (Å²) < 4.78 is 40.6. The van der Waals surface area contributed by atoms with Crippen LogP contribution < -0.4 is 5.32 Å². The van der Waals surface area contributed by atoms with Gasteiger partial charge in [0.25, 0.3) is 0 Å². The Bertz CT molecular complexity index is 460. The zero-order chi connectivity index (χ0) is 13.8. The van der Waals surface area contributed by atoms with E-state index in [1.165, 1.54) is 11.4 Å². The minimum absolute atomic E-state index is 0.00400. The van der Waals surface area contributed by atoms with Crippen molar-refractivity contribution in [3.8, 4) is 0 Å². The molecule has 98 valence electrons. The number of aromatic nitrogens is 1. The van der Waals surface area contributed by atoms with Gasteiger partial charge < -0.3 is 10.1 Å². The summed E-state index contributed by atoms with van der Waals surface area (Å²) in [7, 11) is 0. The van der Waals surface area contributed by atoms with Gasteiger partial charge in [-0.05, 0) is 19.1 Å². The van der Waals surface area contributed by atoms with E-state index < -0.39 is 18.1 Å². The van der Waals surface area contributed by atoms with Crippen LogP contribution in [0.5, 0.6) is 0 Å². The number of esters is 1. The molecular formula is C10H9F3N2O3. The Kier molecular flexibility index (Phi) is 4.24. The zero-order valence-electron chi connectivity index (χ0n) is 9.25. The number of carbonyl (C=O) groups excluding carboxylic acids is 2. The van der Waals surface area contributed by atoms with Gasteiger partial charge in [-0.25, -0.2) is 9.78 Å². The smallest absolute Gasteiger partial charge is 0.462 e. The number of anilines is 1. The Labute approximate surface area is 100.0 Å². The lowest BCUT2D eigenvalue weighted by atomic mass is 10.2. The summed E-state index contributed by atoms with van der Waals surface area (Å²) in [5.41, 5.74) is 0.00400. The maximum Gasteiger partial charge on any atom is 0.471 e. The number of hydrogen-bond acceptors (Lipinski definition) is 4. The van der Waals surface area contributed by atoms with Gasteiger partial charge in [0.1, 0.15) is 5.82 Å². The maximum absolute atomic E-state index is 12.0. The molecule has 5 nitrogen and oxygen atoms in total. The highest BCUT2D eigenvalue weighted by Gasteiger charge is 2.38. The van der Waals surface area contributed by atoms with Crippen LogP contribution in [0.15, 0.2) is 18.3 Å². The molecule has 0 bridgehead atoms. The number of hydrogen-bond donors (Lipinski definition) is 1. The number of pyridine rings is 1. The quantitative estimate of drug-likeness (QED) is 0.843. The fourth-order valence-electron chi connectivity index (χ4n) is 1.03. The Balaban J connectivity index is 2.83. The fraction of sp³-hybridized carbons (Fsp3) is 0.300. The summed E-state index contributed by atoms with van der Waals surface area (Å²) in [5, 5.41) is 1.54. The molecule has 1 aromatic heterocycles. The van der Waals surface area contributed by atoms with Crippen molar-refractivity contribution in [1.82, 2.24) is 4.98 Å². The molecule has 0 aromatic carbocycles. The van der Waals surface area contributed by atoms with E-state index in [4.69, 9.17) is 0 Å². The van der Waals surface area contributed by atoms with E-state index in [-0.39, 0.29) is 18.0 Å². The van der Waals surface area contributed by atoms with E-state index in [0.717, 1.165) is 12.3 Å². The normalized spacial score (nSPS) is 10.9. The second-order valence-electron chi connectivity index (χ2n) is 3.10. The standard InChI is InChI=1S/C10H9F3N2O3/c1-2-18-8(16)6-3-4-14-7(5-6)15-9(17)10(11,12)13/h3-5H,2H2,1H3,(H,14,15,17). The van der Waals surface area contributed by atoms with Crippen LogP contribution in [0, 0.1) is 0 Å². The van der Waals surface area contributed by atoms with Crippen molar-refractivity contribution in [3.63, 3.8) is 0 Å². The average molecular weight is 262 g/mol. The van der Waals surface area contributed by atoms with Gasteiger partial charge in [-0.3, -0.25) is 4.79 Å². The van der Waals surface area contributed by atoms with Crippen molar-refractivity contribution in [1.29, 1.82) is 0 Å². The third-order valence-corrected chi connectivity index (χ3v) is 1.77. The largest absolute Gasteiger partial charge is 0.471 e. The van der Waals surface area contributed by atoms with Gasteiger partial charge in [-0.15, -0.1) is 0 Å². The number of amides is 1. The van der Waals surface area contributed by atoms with E-state index in [1.54, 1.807) is 6.92 Å². The molecule has 0 spiro atoms. The van der Waals surface area contributed by atoms with Crippen LogP contribution in [0.3, 0.4) is 0 Å².